The van der Waals surface area contributed by atoms with E-state index in [0.717, 1.165) is 12.0 Å². The maximum absolute atomic E-state index is 12.6. The van der Waals surface area contributed by atoms with E-state index in [9.17, 15) is 4.79 Å². The summed E-state index contributed by atoms with van der Waals surface area (Å²) < 4.78 is 12.4. The van der Waals surface area contributed by atoms with Gasteiger partial charge >= 0.3 is 6.03 Å². The SMILES string of the molecule is COC[C@@H]1C[C@H](OC)CN1C(=O)Nc1cnn(Cc2ccccc2)c1. The molecule has 7 heteroatoms. The minimum Gasteiger partial charge on any atom is -0.383 e. The van der Waals surface area contributed by atoms with Gasteiger partial charge in [0.15, 0.2) is 0 Å². The van der Waals surface area contributed by atoms with Crippen molar-refractivity contribution in [2.24, 2.45) is 0 Å². The average molecular weight is 344 g/mol. The molecule has 25 heavy (non-hydrogen) atoms. The van der Waals surface area contributed by atoms with Crippen molar-refractivity contribution >= 4 is 11.7 Å². The van der Waals surface area contributed by atoms with E-state index in [-0.39, 0.29) is 18.2 Å². The lowest BCUT2D eigenvalue weighted by Gasteiger charge is -2.23. The maximum atomic E-state index is 12.6. The van der Waals surface area contributed by atoms with E-state index in [0.29, 0.717) is 25.4 Å². The van der Waals surface area contributed by atoms with Gasteiger partial charge in [0, 0.05) is 27.0 Å². The molecule has 1 aromatic carbocycles. The number of benzene rings is 1. The Labute approximate surface area is 147 Å². The van der Waals surface area contributed by atoms with E-state index in [4.69, 9.17) is 9.47 Å². The van der Waals surface area contributed by atoms with Crippen LogP contribution in [0.5, 0.6) is 0 Å². The topological polar surface area (TPSA) is 68.6 Å². The molecule has 1 fully saturated rings. The zero-order valence-electron chi connectivity index (χ0n) is 14.6. The minimum absolute atomic E-state index is 0.0225. The van der Waals surface area contributed by atoms with Crippen molar-refractivity contribution in [1.82, 2.24) is 14.7 Å². The number of aromatic nitrogens is 2. The molecule has 1 aliphatic rings. The summed E-state index contributed by atoms with van der Waals surface area (Å²) >= 11 is 0. The van der Waals surface area contributed by atoms with Crippen molar-refractivity contribution in [3.63, 3.8) is 0 Å². The van der Waals surface area contributed by atoms with Gasteiger partial charge < -0.3 is 19.7 Å². The van der Waals surface area contributed by atoms with Gasteiger partial charge in [-0.05, 0) is 12.0 Å². The number of amides is 2. The fourth-order valence-corrected chi connectivity index (χ4v) is 3.12. The molecule has 2 amide bonds. The van der Waals surface area contributed by atoms with Crippen molar-refractivity contribution in [3.05, 3.63) is 48.3 Å². The highest BCUT2D eigenvalue weighted by molar-refractivity contribution is 5.89. The quantitative estimate of drug-likeness (QED) is 0.872. The van der Waals surface area contributed by atoms with Gasteiger partial charge in [0.1, 0.15) is 0 Å². The van der Waals surface area contributed by atoms with Crippen molar-refractivity contribution in [2.45, 2.75) is 25.1 Å². The molecular weight excluding hydrogens is 320 g/mol. The number of nitrogens with zero attached hydrogens (tertiary/aromatic N) is 3. The van der Waals surface area contributed by atoms with Crippen LogP contribution in [0.3, 0.4) is 0 Å². The van der Waals surface area contributed by atoms with E-state index in [1.165, 1.54) is 0 Å². The zero-order valence-corrected chi connectivity index (χ0v) is 14.6. The highest BCUT2D eigenvalue weighted by Crippen LogP contribution is 2.21. The smallest absolute Gasteiger partial charge is 0.322 e. The van der Waals surface area contributed by atoms with Gasteiger partial charge in [-0.25, -0.2) is 4.79 Å². The van der Waals surface area contributed by atoms with Crippen LogP contribution in [0.4, 0.5) is 10.5 Å². The van der Waals surface area contributed by atoms with Gasteiger partial charge in [0.05, 0.1) is 37.2 Å². The molecule has 0 unspecified atom stereocenters. The summed E-state index contributed by atoms with van der Waals surface area (Å²) in [7, 11) is 3.31. The lowest BCUT2D eigenvalue weighted by atomic mass is 10.2. The minimum atomic E-state index is -0.152. The number of nitrogens with one attached hydrogen (secondary N) is 1. The van der Waals surface area contributed by atoms with Gasteiger partial charge in [0.2, 0.25) is 0 Å². The van der Waals surface area contributed by atoms with Crippen LogP contribution < -0.4 is 5.32 Å². The Kier molecular flexibility index (Phi) is 5.67. The van der Waals surface area contributed by atoms with Crippen LogP contribution in [0.15, 0.2) is 42.7 Å². The Balaban J connectivity index is 1.61. The summed E-state index contributed by atoms with van der Waals surface area (Å²) in [5.41, 5.74) is 1.84. The zero-order chi connectivity index (χ0) is 17.6. The van der Waals surface area contributed by atoms with E-state index in [2.05, 4.69) is 10.4 Å². The van der Waals surface area contributed by atoms with Gasteiger partial charge in [0.25, 0.3) is 0 Å². The van der Waals surface area contributed by atoms with E-state index in [1.54, 1.807) is 30.0 Å². The third kappa shape index (κ3) is 4.37. The van der Waals surface area contributed by atoms with Crippen LogP contribution >= 0.6 is 0 Å². The molecular formula is C18H24N4O3. The third-order valence-corrected chi connectivity index (χ3v) is 4.40. The molecule has 2 aromatic rings. The second-order valence-electron chi connectivity index (χ2n) is 6.20. The van der Waals surface area contributed by atoms with Crippen molar-refractivity contribution in [2.75, 3.05) is 32.7 Å². The molecule has 0 aliphatic carbocycles. The molecule has 0 radical (unpaired) electrons. The second kappa shape index (κ2) is 8.13. The van der Waals surface area contributed by atoms with Crippen LogP contribution in [0.25, 0.3) is 0 Å². The maximum Gasteiger partial charge on any atom is 0.322 e. The summed E-state index contributed by atoms with van der Waals surface area (Å²) in [6.45, 7) is 1.73. The average Bonchev–Trinajstić information content (AvgIpc) is 3.23. The van der Waals surface area contributed by atoms with Crippen LogP contribution in [0, 0.1) is 0 Å². The third-order valence-electron chi connectivity index (χ3n) is 4.40. The summed E-state index contributed by atoms with van der Waals surface area (Å²) in [4.78, 5) is 14.4. The molecule has 1 aliphatic heterocycles. The fraction of sp³-hybridized carbons (Fsp3) is 0.444. The molecule has 2 heterocycles. The van der Waals surface area contributed by atoms with Crippen molar-refractivity contribution in [3.8, 4) is 0 Å². The van der Waals surface area contributed by atoms with E-state index < -0.39 is 0 Å². The standard InChI is InChI=1S/C18H24N4O3/c1-24-13-16-8-17(25-2)12-22(16)18(23)20-15-9-19-21(11-15)10-14-6-4-3-5-7-14/h3-7,9,11,16-17H,8,10,12-13H2,1-2H3,(H,20,23)/t16-,17-/m0/s1. The number of methoxy groups -OCH3 is 2. The molecule has 3 rings (SSSR count). The Morgan fingerprint density at radius 2 is 2.12 bits per heavy atom. The lowest BCUT2D eigenvalue weighted by Crippen LogP contribution is -2.41. The molecule has 0 saturated carbocycles. The summed E-state index contributed by atoms with van der Waals surface area (Å²) in [5, 5.41) is 7.23. The van der Waals surface area contributed by atoms with Crippen LogP contribution in [-0.2, 0) is 16.0 Å². The lowest BCUT2D eigenvalue weighted by molar-refractivity contribution is 0.110. The van der Waals surface area contributed by atoms with E-state index >= 15 is 0 Å². The molecule has 134 valence electrons. The van der Waals surface area contributed by atoms with Gasteiger partial charge in [-0.15, -0.1) is 0 Å². The first-order valence-electron chi connectivity index (χ1n) is 8.35. The van der Waals surface area contributed by atoms with Crippen LogP contribution in [0.2, 0.25) is 0 Å². The Bertz CT molecular complexity index is 689. The monoisotopic (exact) mass is 344 g/mol. The molecule has 1 saturated heterocycles. The van der Waals surface area contributed by atoms with Gasteiger partial charge in [-0.1, -0.05) is 30.3 Å². The summed E-state index contributed by atoms with van der Waals surface area (Å²) in [5.74, 6) is 0. The molecule has 2 atom stereocenters. The molecule has 0 spiro atoms. The highest BCUT2D eigenvalue weighted by atomic mass is 16.5. The summed E-state index contributed by atoms with van der Waals surface area (Å²) in [6.07, 6.45) is 4.33. The number of anilines is 1. The number of carbonyl (C=O) groups is 1. The number of likely N-dealkylation sites (tertiary alicyclic amines) is 1. The Morgan fingerprint density at radius 3 is 2.84 bits per heavy atom. The first-order chi connectivity index (χ1) is 12.2. The van der Waals surface area contributed by atoms with Crippen LogP contribution in [0.1, 0.15) is 12.0 Å². The Morgan fingerprint density at radius 1 is 1.32 bits per heavy atom. The Hall–Kier alpha value is -2.38. The molecule has 1 aromatic heterocycles. The molecule has 7 nitrogen and oxygen atoms in total. The van der Waals surface area contributed by atoms with Crippen molar-refractivity contribution in [1.29, 1.82) is 0 Å². The number of urea groups is 1. The number of carbonyl (C=O) groups excluding carboxylic acids is 1. The summed E-state index contributed by atoms with van der Waals surface area (Å²) in [6, 6.07) is 9.94. The largest absolute Gasteiger partial charge is 0.383 e. The predicted molar refractivity (Wildman–Crippen MR) is 94.6 cm³/mol. The number of hydrogen-bond donors (Lipinski definition) is 1. The normalized spacial score (nSPS) is 20.0. The van der Waals surface area contributed by atoms with Crippen LogP contribution in [-0.4, -0.2) is 60.2 Å². The number of hydrogen-bond acceptors (Lipinski definition) is 4. The second-order valence-corrected chi connectivity index (χ2v) is 6.20. The number of rotatable bonds is 6. The van der Waals surface area contributed by atoms with E-state index in [1.807, 2.05) is 36.5 Å². The molecule has 1 N–H and O–H groups in total. The fourth-order valence-electron chi connectivity index (χ4n) is 3.12. The van der Waals surface area contributed by atoms with Gasteiger partial charge in [-0.3, -0.25) is 4.68 Å². The van der Waals surface area contributed by atoms with Crippen molar-refractivity contribution < 1.29 is 14.3 Å². The predicted octanol–water partition coefficient (Wildman–Crippen LogP) is 2.20. The number of ether oxygens (including phenoxy) is 2. The first kappa shape index (κ1) is 17.4. The van der Waals surface area contributed by atoms with Gasteiger partial charge in [-0.2, -0.15) is 5.10 Å². The molecule has 0 bridgehead atoms. The first-order valence-corrected chi connectivity index (χ1v) is 8.35. The highest BCUT2D eigenvalue weighted by Gasteiger charge is 2.35.